The number of aryl methyl sites for hydroxylation is 1. The van der Waals surface area contributed by atoms with Crippen LogP contribution in [0.15, 0.2) is 22.6 Å². The van der Waals surface area contributed by atoms with Crippen molar-refractivity contribution in [3.05, 3.63) is 18.0 Å². The van der Waals surface area contributed by atoms with E-state index in [0.717, 1.165) is 11.3 Å². The number of hydrogen-bond acceptors (Lipinski definition) is 3. The van der Waals surface area contributed by atoms with E-state index in [2.05, 4.69) is 15.3 Å². The Morgan fingerprint density at radius 2 is 1.93 bits per heavy atom. The van der Waals surface area contributed by atoms with Gasteiger partial charge in [0.2, 0.25) is 0 Å². The summed E-state index contributed by atoms with van der Waals surface area (Å²) in [5.41, 5.74) is 1.75. The van der Waals surface area contributed by atoms with E-state index < -0.39 is 0 Å². The molecule has 4 nitrogen and oxygen atoms in total. The zero-order chi connectivity index (χ0) is 11.8. The number of hydrogen-bond donors (Lipinski definition) is 0. The second-order valence-electron chi connectivity index (χ2n) is 2.69. The van der Waals surface area contributed by atoms with Gasteiger partial charge >= 0.3 is 0 Å². The molecule has 0 saturated heterocycles. The molecular formula is C10H17ClN4. The van der Waals surface area contributed by atoms with Gasteiger partial charge in [-0.15, -0.1) is 5.10 Å². The minimum atomic E-state index is 0.420. The first kappa shape index (κ1) is 13.8. The zero-order valence-electron chi connectivity index (χ0n) is 9.82. The summed E-state index contributed by atoms with van der Waals surface area (Å²) in [6, 6.07) is 0. The summed E-state index contributed by atoms with van der Waals surface area (Å²) in [5, 5.41) is 12.1. The van der Waals surface area contributed by atoms with E-state index >= 15 is 0 Å². The normalized spacial score (nSPS) is 12.1. The van der Waals surface area contributed by atoms with E-state index in [-0.39, 0.29) is 0 Å². The predicted molar refractivity (Wildman–Crippen MR) is 65.7 cm³/mol. The smallest absolute Gasteiger partial charge is 0.125 e. The Morgan fingerprint density at radius 3 is 2.33 bits per heavy atom. The van der Waals surface area contributed by atoms with Crippen molar-refractivity contribution in [1.29, 1.82) is 0 Å². The first-order valence-corrected chi connectivity index (χ1v) is 5.21. The monoisotopic (exact) mass is 228 g/mol. The number of rotatable bonds is 2. The van der Waals surface area contributed by atoms with Crippen molar-refractivity contribution in [2.45, 2.75) is 27.7 Å². The van der Waals surface area contributed by atoms with Gasteiger partial charge in [0.15, 0.2) is 0 Å². The fraction of sp³-hybridized carbons (Fsp3) is 0.500. The van der Waals surface area contributed by atoms with Gasteiger partial charge in [0, 0.05) is 18.8 Å². The van der Waals surface area contributed by atoms with Gasteiger partial charge in [0.1, 0.15) is 5.17 Å². The van der Waals surface area contributed by atoms with Crippen LogP contribution >= 0.6 is 11.6 Å². The minimum absolute atomic E-state index is 0.420. The maximum Gasteiger partial charge on any atom is 0.125 e. The molecule has 0 unspecified atom stereocenters. The molecular weight excluding hydrogens is 212 g/mol. The van der Waals surface area contributed by atoms with Crippen molar-refractivity contribution in [1.82, 2.24) is 9.78 Å². The molecule has 0 saturated carbocycles. The van der Waals surface area contributed by atoms with Crippen molar-refractivity contribution >= 4 is 22.5 Å². The summed E-state index contributed by atoms with van der Waals surface area (Å²) in [6.07, 6.45) is 3.61. The van der Waals surface area contributed by atoms with Gasteiger partial charge in [-0.2, -0.15) is 10.2 Å². The van der Waals surface area contributed by atoms with Gasteiger partial charge in [0.25, 0.3) is 0 Å². The summed E-state index contributed by atoms with van der Waals surface area (Å²) >= 11 is 5.54. The highest BCUT2D eigenvalue weighted by molar-refractivity contribution is 6.64. The van der Waals surface area contributed by atoms with Crippen LogP contribution in [0.2, 0.25) is 0 Å². The molecule has 15 heavy (non-hydrogen) atoms. The number of aromatic nitrogens is 2. The highest BCUT2D eigenvalue weighted by Crippen LogP contribution is 1.99. The zero-order valence-corrected chi connectivity index (χ0v) is 10.6. The van der Waals surface area contributed by atoms with Gasteiger partial charge in [-0.05, 0) is 13.8 Å². The topological polar surface area (TPSA) is 42.5 Å². The average Bonchev–Trinajstić information content (AvgIpc) is 2.64. The molecule has 0 radical (unpaired) electrons. The fourth-order valence-corrected chi connectivity index (χ4v) is 0.847. The van der Waals surface area contributed by atoms with E-state index in [1.807, 2.05) is 34.0 Å². The quantitative estimate of drug-likeness (QED) is 0.567. The van der Waals surface area contributed by atoms with E-state index in [9.17, 15) is 0 Å². The highest BCUT2D eigenvalue weighted by atomic mass is 35.5. The Bertz CT molecular complexity index is 348. The first-order chi connectivity index (χ1) is 7.09. The molecule has 0 amide bonds. The molecule has 1 aromatic rings. The lowest BCUT2D eigenvalue weighted by atomic mass is 10.2. The third-order valence-corrected chi connectivity index (χ3v) is 1.54. The standard InChI is InChI=1S/C8H11ClN4.C2H6/c1-6(11-12-7(2)9)8-4-10-13(3)5-8;1-2/h4-5H,1-3H3;1-2H3/b11-6+,12-7+;. The Kier molecular flexibility index (Phi) is 6.62. The van der Waals surface area contributed by atoms with E-state index in [1.165, 1.54) is 0 Å². The molecule has 0 aliphatic heterocycles. The van der Waals surface area contributed by atoms with Gasteiger partial charge in [-0.3, -0.25) is 4.68 Å². The lowest BCUT2D eigenvalue weighted by Crippen LogP contribution is -1.91. The van der Waals surface area contributed by atoms with Crippen LogP contribution in [0.25, 0.3) is 0 Å². The number of nitrogens with zero attached hydrogens (tertiary/aromatic N) is 4. The average molecular weight is 229 g/mol. The molecule has 1 heterocycles. The van der Waals surface area contributed by atoms with Gasteiger partial charge < -0.3 is 0 Å². The van der Waals surface area contributed by atoms with Crippen LogP contribution in [-0.2, 0) is 7.05 Å². The molecule has 0 fully saturated rings. The predicted octanol–water partition coefficient (Wildman–Crippen LogP) is 2.83. The summed E-state index contributed by atoms with van der Waals surface area (Å²) in [4.78, 5) is 0. The van der Waals surface area contributed by atoms with Crippen molar-refractivity contribution in [2.75, 3.05) is 0 Å². The third-order valence-electron chi connectivity index (χ3n) is 1.46. The lowest BCUT2D eigenvalue weighted by Gasteiger charge is -1.90. The van der Waals surface area contributed by atoms with E-state index in [4.69, 9.17) is 11.6 Å². The molecule has 5 heteroatoms. The van der Waals surface area contributed by atoms with Crippen LogP contribution in [0.3, 0.4) is 0 Å². The van der Waals surface area contributed by atoms with Gasteiger partial charge in [-0.1, -0.05) is 25.4 Å². The number of halogens is 1. The molecule has 0 aliphatic rings. The van der Waals surface area contributed by atoms with Crippen LogP contribution in [0.5, 0.6) is 0 Å². The first-order valence-electron chi connectivity index (χ1n) is 4.83. The minimum Gasteiger partial charge on any atom is -0.275 e. The van der Waals surface area contributed by atoms with Crippen LogP contribution < -0.4 is 0 Å². The van der Waals surface area contributed by atoms with Crippen LogP contribution in [-0.4, -0.2) is 20.7 Å². The largest absolute Gasteiger partial charge is 0.275 e. The third kappa shape index (κ3) is 5.32. The van der Waals surface area contributed by atoms with Crippen molar-refractivity contribution in [3.63, 3.8) is 0 Å². The van der Waals surface area contributed by atoms with Crippen molar-refractivity contribution < 1.29 is 0 Å². The SMILES string of the molecule is C/C(Cl)=N\N=C(/C)c1cnn(C)c1.CC. The van der Waals surface area contributed by atoms with E-state index in [1.54, 1.807) is 17.8 Å². The Labute approximate surface area is 95.7 Å². The van der Waals surface area contributed by atoms with Crippen molar-refractivity contribution in [3.8, 4) is 0 Å². The molecule has 0 N–H and O–H groups in total. The molecule has 1 rings (SSSR count). The van der Waals surface area contributed by atoms with Crippen LogP contribution in [0, 0.1) is 0 Å². The fourth-order valence-electron chi connectivity index (χ4n) is 0.810. The summed E-state index contributed by atoms with van der Waals surface area (Å²) < 4.78 is 1.71. The maximum atomic E-state index is 5.54. The maximum absolute atomic E-state index is 5.54. The molecule has 84 valence electrons. The van der Waals surface area contributed by atoms with Crippen molar-refractivity contribution in [2.24, 2.45) is 17.3 Å². The lowest BCUT2D eigenvalue weighted by molar-refractivity contribution is 0.767. The van der Waals surface area contributed by atoms with Gasteiger partial charge in [0.05, 0.1) is 11.9 Å². The van der Waals surface area contributed by atoms with E-state index in [0.29, 0.717) is 5.17 Å². The molecule has 0 bridgehead atoms. The molecule has 0 atom stereocenters. The highest BCUT2D eigenvalue weighted by Gasteiger charge is 1.98. The summed E-state index contributed by atoms with van der Waals surface area (Å²) in [6.45, 7) is 7.54. The van der Waals surface area contributed by atoms with Crippen LogP contribution in [0.1, 0.15) is 33.3 Å². The van der Waals surface area contributed by atoms with Gasteiger partial charge in [-0.25, -0.2) is 0 Å². The molecule has 0 aliphatic carbocycles. The second kappa shape index (κ2) is 7.17. The molecule has 0 spiro atoms. The second-order valence-corrected chi connectivity index (χ2v) is 3.23. The Morgan fingerprint density at radius 1 is 1.33 bits per heavy atom. The van der Waals surface area contributed by atoms with Crippen LogP contribution in [0.4, 0.5) is 0 Å². The Balaban J connectivity index is 0.000000921. The summed E-state index contributed by atoms with van der Waals surface area (Å²) in [7, 11) is 1.85. The Hall–Kier alpha value is -1.16. The summed E-state index contributed by atoms with van der Waals surface area (Å²) in [5.74, 6) is 0. The molecule has 0 aromatic carbocycles. The molecule has 1 aromatic heterocycles.